The maximum absolute atomic E-state index is 12.7. The molecule has 8 nitrogen and oxygen atoms in total. The Hall–Kier alpha value is -3.00. The fourth-order valence-electron chi connectivity index (χ4n) is 3.64. The highest BCUT2D eigenvalue weighted by atomic mass is 16.5. The van der Waals surface area contributed by atoms with Crippen LogP contribution in [0.25, 0.3) is 5.65 Å². The van der Waals surface area contributed by atoms with E-state index in [4.69, 9.17) is 4.74 Å². The van der Waals surface area contributed by atoms with Gasteiger partial charge in [-0.2, -0.15) is 5.10 Å². The van der Waals surface area contributed by atoms with Crippen molar-refractivity contribution in [2.45, 2.75) is 39.9 Å². The molecule has 4 rings (SSSR count). The minimum Gasteiger partial charge on any atom is -0.372 e. The Labute approximate surface area is 163 Å². The van der Waals surface area contributed by atoms with Crippen molar-refractivity contribution < 1.29 is 9.53 Å². The van der Waals surface area contributed by atoms with Gasteiger partial charge in [0.25, 0.3) is 5.91 Å². The number of carbonyl (C=O) groups excluding carboxylic acids is 1. The number of aryl methyl sites for hydroxylation is 2. The third kappa shape index (κ3) is 3.55. The van der Waals surface area contributed by atoms with E-state index in [0.717, 1.165) is 30.3 Å². The van der Waals surface area contributed by atoms with Crippen LogP contribution < -0.4 is 10.2 Å². The largest absolute Gasteiger partial charge is 0.372 e. The van der Waals surface area contributed by atoms with E-state index >= 15 is 0 Å². The van der Waals surface area contributed by atoms with Crippen molar-refractivity contribution in [3.8, 4) is 0 Å². The van der Waals surface area contributed by atoms with Crippen molar-refractivity contribution in [1.29, 1.82) is 0 Å². The number of carbonyl (C=O) groups is 1. The predicted molar refractivity (Wildman–Crippen MR) is 107 cm³/mol. The number of fused-ring (bicyclic) bond motifs is 1. The van der Waals surface area contributed by atoms with Crippen LogP contribution in [0, 0.1) is 13.8 Å². The lowest BCUT2D eigenvalue weighted by Crippen LogP contribution is -2.45. The van der Waals surface area contributed by atoms with E-state index in [1.54, 1.807) is 16.9 Å². The van der Waals surface area contributed by atoms with Crippen molar-refractivity contribution in [3.63, 3.8) is 0 Å². The van der Waals surface area contributed by atoms with Crippen LogP contribution in [0.4, 0.5) is 11.5 Å². The first kappa shape index (κ1) is 18.4. The molecule has 1 aliphatic rings. The molecule has 1 fully saturated rings. The van der Waals surface area contributed by atoms with Crippen LogP contribution in [0.3, 0.4) is 0 Å². The Kier molecular flexibility index (Phi) is 4.72. The molecule has 0 spiro atoms. The van der Waals surface area contributed by atoms with Gasteiger partial charge in [0.05, 0.1) is 30.3 Å². The number of nitrogens with one attached hydrogen (secondary N) is 1. The molecule has 0 radical (unpaired) electrons. The topological polar surface area (TPSA) is 84.7 Å². The number of aromatic nitrogens is 4. The van der Waals surface area contributed by atoms with Crippen molar-refractivity contribution in [3.05, 3.63) is 47.5 Å². The summed E-state index contributed by atoms with van der Waals surface area (Å²) in [5.41, 5.74) is 3.40. The van der Waals surface area contributed by atoms with Gasteiger partial charge in [-0.25, -0.2) is 14.5 Å². The summed E-state index contributed by atoms with van der Waals surface area (Å²) in [6.07, 6.45) is 3.55. The number of amides is 1. The third-order valence-corrected chi connectivity index (χ3v) is 4.77. The summed E-state index contributed by atoms with van der Waals surface area (Å²) < 4.78 is 7.44. The number of morpholine rings is 1. The lowest BCUT2D eigenvalue weighted by molar-refractivity contribution is -0.00545. The molecular formula is C20H24N6O2. The second-order valence-corrected chi connectivity index (χ2v) is 7.35. The molecule has 0 bridgehead atoms. The molecule has 8 heteroatoms. The highest BCUT2D eigenvalue weighted by molar-refractivity contribution is 6.08. The molecule has 3 aromatic rings. The fraction of sp³-hybridized carbons (Fsp3) is 0.400. The molecule has 1 saturated heterocycles. The Morgan fingerprint density at radius 2 is 1.93 bits per heavy atom. The van der Waals surface area contributed by atoms with E-state index in [1.165, 1.54) is 0 Å². The summed E-state index contributed by atoms with van der Waals surface area (Å²) in [6.45, 7) is 9.56. The monoisotopic (exact) mass is 380 g/mol. The van der Waals surface area contributed by atoms with Gasteiger partial charge < -0.3 is 15.0 Å². The zero-order valence-electron chi connectivity index (χ0n) is 16.5. The van der Waals surface area contributed by atoms with Gasteiger partial charge in [0.2, 0.25) is 0 Å². The van der Waals surface area contributed by atoms with Gasteiger partial charge in [0, 0.05) is 24.5 Å². The first-order valence-electron chi connectivity index (χ1n) is 9.40. The molecule has 1 amide bonds. The van der Waals surface area contributed by atoms with Crippen LogP contribution in [0.15, 0.2) is 30.6 Å². The van der Waals surface area contributed by atoms with Crippen molar-refractivity contribution in [2.75, 3.05) is 23.3 Å². The van der Waals surface area contributed by atoms with E-state index in [2.05, 4.69) is 39.1 Å². The Morgan fingerprint density at radius 3 is 2.61 bits per heavy atom. The number of anilines is 2. The van der Waals surface area contributed by atoms with E-state index in [-0.39, 0.29) is 18.1 Å². The second-order valence-electron chi connectivity index (χ2n) is 7.35. The number of ether oxygens (including phenoxy) is 1. The molecule has 146 valence electrons. The molecule has 28 heavy (non-hydrogen) atoms. The number of nitrogens with zero attached hydrogens (tertiary/aromatic N) is 5. The van der Waals surface area contributed by atoms with Gasteiger partial charge in [0.15, 0.2) is 5.65 Å². The number of hydrogen-bond donors (Lipinski definition) is 1. The summed E-state index contributed by atoms with van der Waals surface area (Å²) in [7, 11) is 0. The van der Waals surface area contributed by atoms with Gasteiger partial charge in [-0.1, -0.05) is 0 Å². The molecule has 2 atom stereocenters. The normalized spacial score (nSPS) is 19.8. The zero-order chi connectivity index (χ0) is 19.8. The molecule has 0 aromatic carbocycles. The smallest absolute Gasteiger partial charge is 0.261 e. The zero-order valence-corrected chi connectivity index (χ0v) is 16.5. The number of rotatable bonds is 3. The summed E-state index contributed by atoms with van der Waals surface area (Å²) in [6, 6.07) is 5.71. The van der Waals surface area contributed by atoms with Gasteiger partial charge in [0.1, 0.15) is 11.4 Å². The number of hydrogen-bond acceptors (Lipinski definition) is 6. The maximum Gasteiger partial charge on any atom is 0.261 e. The minimum atomic E-state index is -0.254. The average Bonchev–Trinajstić information content (AvgIpc) is 3.05. The molecule has 4 heterocycles. The molecule has 3 aromatic heterocycles. The van der Waals surface area contributed by atoms with Crippen LogP contribution in [-0.4, -0.2) is 50.8 Å². The number of pyridine rings is 1. The lowest BCUT2D eigenvalue weighted by atomic mass is 10.2. The molecule has 0 aliphatic carbocycles. The summed E-state index contributed by atoms with van der Waals surface area (Å²) in [5.74, 6) is 0.625. The van der Waals surface area contributed by atoms with Crippen molar-refractivity contribution in [1.82, 2.24) is 19.6 Å². The lowest BCUT2D eigenvalue weighted by Gasteiger charge is -2.36. The molecule has 1 N–H and O–H groups in total. The van der Waals surface area contributed by atoms with Crippen LogP contribution in [0.5, 0.6) is 0 Å². The Bertz CT molecular complexity index is 1000. The highest BCUT2D eigenvalue weighted by Gasteiger charge is 2.23. The van der Waals surface area contributed by atoms with Crippen LogP contribution in [0.1, 0.15) is 35.6 Å². The van der Waals surface area contributed by atoms with E-state index < -0.39 is 0 Å². The van der Waals surface area contributed by atoms with Gasteiger partial charge in [-0.05, 0) is 45.9 Å². The SMILES string of the molecule is Cc1cc(C)n2ncc(C(=O)Nc3ccc(N4CC(C)OC(C)C4)nc3)c2n1. The standard InChI is InChI=1S/C20H24N6O2/c1-12-7-13(2)26-19(23-12)17(9-22-26)20(27)24-16-5-6-18(21-8-16)25-10-14(3)28-15(4)11-25/h5-9,14-15H,10-11H2,1-4H3,(H,24,27). The second kappa shape index (κ2) is 7.20. The Morgan fingerprint density at radius 1 is 1.18 bits per heavy atom. The predicted octanol–water partition coefficient (Wildman–Crippen LogP) is 2.61. The van der Waals surface area contributed by atoms with E-state index in [0.29, 0.717) is 16.9 Å². The fourth-order valence-corrected chi connectivity index (χ4v) is 3.64. The van der Waals surface area contributed by atoms with Crippen molar-refractivity contribution >= 4 is 23.1 Å². The maximum atomic E-state index is 12.7. The van der Waals surface area contributed by atoms with Crippen LogP contribution in [-0.2, 0) is 4.74 Å². The molecular weight excluding hydrogens is 356 g/mol. The summed E-state index contributed by atoms with van der Waals surface area (Å²) in [5, 5.41) is 7.16. The molecule has 0 saturated carbocycles. The average molecular weight is 380 g/mol. The van der Waals surface area contributed by atoms with Gasteiger partial charge in [-0.15, -0.1) is 0 Å². The minimum absolute atomic E-state index is 0.167. The third-order valence-electron chi connectivity index (χ3n) is 4.77. The quantitative estimate of drug-likeness (QED) is 0.752. The van der Waals surface area contributed by atoms with E-state index in [9.17, 15) is 4.79 Å². The molecule has 2 unspecified atom stereocenters. The van der Waals surface area contributed by atoms with Crippen molar-refractivity contribution in [2.24, 2.45) is 0 Å². The first-order chi connectivity index (χ1) is 13.4. The van der Waals surface area contributed by atoms with Crippen LogP contribution >= 0.6 is 0 Å². The summed E-state index contributed by atoms with van der Waals surface area (Å²) >= 11 is 0. The highest BCUT2D eigenvalue weighted by Crippen LogP contribution is 2.20. The Balaban J connectivity index is 1.51. The summed E-state index contributed by atoms with van der Waals surface area (Å²) in [4.78, 5) is 23.9. The van der Waals surface area contributed by atoms with Gasteiger partial charge >= 0.3 is 0 Å². The van der Waals surface area contributed by atoms with E-state index in [1.807, 2.05) is 32.0 Å². The molecule has 1 aliphatic heterocycles. The van der Waals surface area contributed by atoms with Crippen LogP contribution in [0.2, 0.25) is 0 Å². The first-order valence-corrected chi connectivity index (χ1v) is 9.40. The van der Waals surface area contributed by atoms with Gasteiger partial charge in [-0.3, -0.25) is 4.79 Å².